The van der Waals surface area contributed by atoms with Gasteiger partial charge in [0.1, 0.15) is 0 Å². The van der Waals surface area contributed by atoms with E-state index in [2.05, 4.69) is 20.9 Å². The van der Waals surface area contributed by atoms with Gasteiger partial charge in [0, 0.05) is 30.8 Å². The summed E-state index contributed by atoms with van der Waals surface area (Å²) >= 11 is 6.00. The highest BCUT2D eigenvalue weighted by Gasteiger charge is 2.08. The molecule has 152 valence electrons. The van der Waals surface area contributed by atoms with Crippen molar-refractivity contribution in [1.29, 1.82) is 0 Å². The van der Waals surface area contributed by atoms with Crippen molar-refractivity contribution in [2.75, 3.05) is 12.4 Å². The van der Waals surface area contributed by atoms with Crippen molar-refractivity contribution in [2.45, 2.75) is 13.1 Å². The van der Waals surface area contributed by atoms with Crippen molar-refractivity contribution in [3.63, 3.8) is 0 Å². The van der Waals surface area contributed by atoms with Crippen LogP contribution in [0.2, 0.25) is 5.02 Å². The highest BCUT2D eigenvalue weighted by molar-refractivity contribution is 14.0. The average Bonchev–Trinajstić information content (AvgIpc) is 3.24. The SMILES string of the molecule is CN=C(NCc1ccc(NC(=O)c2ccco2)cc1)NCc1cccc(Cl)c1.I. The molecule has 29 heavy (non-hydrogen) atoms. The van der Waals surface area contributed by atoms with Crippen molar-refractivity contribution in [1.82, 2.24) is 10.6 Å². The second kappa shape index (κ2) is 11.5. The summed E-state index contributed by atoms with van der Waals surface area (Å²) in [5.41, 5.74) is 2.84. The Balaban J connectivity index is 0.00000300. The molecule has 0 aliphatic carbocycles. The Labute approximate surface area is 191 Å². The van der Waals surface area contributed by atoms with E-state index in [0.29, 0.717) is 29.8 Å². The molecule has 1 heterocycles. The largest absolute Gasteiger partial charge is 0.459 e. The Morgan fingerprint density at radius 3 is 2.34 bits per heavy atom. The molecule has 0 aliphatic heterocycles. The van der Waals surface area contributed by atoms with Crippen molar-refractivity contribution < 1.29 is 9.21 Å². The average molecular weight is 525 g/mol. The number of anilines is 1. The van der Waals surface area contributed by atoms with Crippen molar-refractivity contribution >= 4 is 53.1 Å². The number of aliphatic imine (C=N–C) groups is 1. The molecule has 0 bridgehead atoms. The Hall–Kier alpha value is -2.52. The van der Waals surface area contributed by atoms with Crippen LogP contribution in [0.5, 0.6) is 0 Å². The van der Waals surface area contributed by atoms with Gasteiger partial charge in [0.15, 0.2) is 11.7 Å². The molecule has 0 fully saturated rings. The minimum atomic E-state index is -0.276. The first kappa shape index (κ1) is 22.8. The molecule has 3 rings (SSSR count). The topological polar surface area (TPSA) is 78.7 Å². The minimum Gasteiger partial charge on any atom is -0.459 e. The number of amides is 1. The van der Waals surface area contributed by atoms with E-state index in [1.54, 1.807) is 19.2 Å². The summed E-state index contributed by atoms with van der Waals surface area (Å²) in [4.78, 5) is 16.2. The highest BCUT2D eigenvalue weighted by Crippen LogP contribution is 2.12. The maximum atomic E-state index is 12.0. The highest BCUT2D eigenvalue weighted by atomic mass is 127. The smallest absolute Gasteiger partial charge is 0.291 e. The predicted octanol–water partition coefficient (Wildman–Crippen LogP) is 4.67. The normalized spacial score (nSPS) is 10.8. The quantitative estimate of drug-likeness (QED) is 0.249. The van der Waals surface area contributed by atoms with Crippen LogP contribution in [0.3, 0.4) is 0 Å². The number of carbonyl (C=O) groups is 1. The summed E-state index contributed by atoms with van der Waals surface area (Å²) in [5, 5.41) is 10.0. The Morgan fingerprint density at radius 2 is 1.72 bits per heavy atom. The van der Waals surface area contributed by atoms with E-state index in [4.69, 9.17) is 16.0 Å². The summed E-state index contributed by atoms with van der Waals surface area (Å²) < 4.78 is 5.08. The Morgan fingerprint density at radius 1 is 1.00 bits per heavy atom. The van der Waals surface area contributed by atoms with Crippen LogP contribution in [0, 0.1) is 0 Å². The number of hydrogen-bond donors (Lipinski definition) is 3. The summed E-state index contributed by atoms with van der Waals surface area (Å²) in [6.45, 7) is 1.22. The minimum absolute atomic E-state index is 0. The third kappa shape index (κ3) is 7.10. The standard InChI is InChI=1S/C21H21ClN4O2.HI/c1-23-21(25-14-16-4-2-5-17(22)12-16)24-13-15-7-9-18(10-8-15)26-20(27)19-6-3-11-28-19;/h2-12H,13-14H2,1H3,(H,26,27)(H2,23,24,25);1H. The first-order valence-corrected chi connectivity index (χ1v) is 9.14. The number of nitrogens with one attached hydrogen (secondary N) is 3. The molecule has 6 nitrogen and oxygen atoms in total. The Bertz CT molecular complexity index is 944. The molecule has 0 saturated carbocycles. The number of carbonyl (C=O) groups excluding carboxylic acids is 1. The molecule has 0 atom stereocenters. The van der Waals surface area contributed by atoms with E-state index in [9.17, 15) is 4.79 Å². The van der Waals surface area contributed by atoms with Crippen molar-refractivity contribution in [2.24, 2.45) is 4.99 Å². The number of benzene rings is 2. The van der Waals surface area contributed by atoms with Gasteiger partial charge >= 0.3 is 0 Å². The molecule has 1 aromatic heterocycles. The van der Waals surface area contributed by atoms with Crippen molar-refractivity contribution in [3.05, 3.63) is 88.8 Å². The van der Waals surface area contributed by atoms with Crippen LogP contribution in [0.4, 0.5) is 5.69 Å². The van der Waals surface area contributed by atoms with Gasteiger partial charge in [-0.1, -0.05) is 35.9 Å². The predicted molar refractivity (Wildman–Crippen MR) is 127 cm³/mol. The zero-order valence-electron chi connectivity index (χ0n) is 15.8. The van der Waals surface area contributed by atoms with Crippen LogP contribution < -0.4 is 16.0 Å². The third-order valence-electron chi connectivity index (χ3n) is 3.99. The number of rotatable bonds is 6. The molecule has 0 saturated heterocycles. The summed E-state index contributed by atoms with van der Waals surface area (Å²) in [6.07, 6.45) is 1.47. The molecule has 0 aliphatic rings. The van der Waals surface area contributed by atoms with Gasteiger partial charge in [-0.15, -0.1) is 24.0 Å². The van der Waals surface area contributed by atoms with Gasteiger partial charge in [-0.3, -0.25) is 9.79 Å². The van der Waals surface area contributed by atoms with E-state index in [1.165, 1.54) is 6.26 Å². The second-order valence-electron chi connectivity index (χ2n) is 6.04. The van der Waals surface area contributed by atoms with Crippen LogP contribution in [0.25, 0.3) is 0 Å². The number of hydrogen-bond acceptors (Lipinski definition) is 3. The van der Waals surface area contributed by atoms with Crippen LogP contribution in [-0.4, -0.2) is 18.9 Å². The van der Waals surface area contributed by atoms with Crippen LogP contribution in [0.1, 0.15) is 21.7 Å². The molecule has 0 unspecified atom stereocenters. The number of nitrogens with zero attached hydrogens (tertiary/aromatic N) is 1. The zero-order chi connectivity index (χ0) is 19.8. The van der Waals surface area contributed by atoms with E-state index < -0.39 is 0 Å². The lowest BCUT2D eigenvalue weighted by Crippen LogP contribution is -2.36. The first-order valence-electron chi connectivity index (χ1n) is 8.77. The maximum absolute atomic E-state index is 12.0. The Kier molecular flexibility index (Phi) is 9.01. The first-order chi connectivity index (χ1) is 13.6. The van der Waals surface area contributed by atoms with Crippen molar-refractivity contribution in [3.8, 4) is 0 Å². The maximum Gasteiger partial charge on any atom is 0.291 e. The lowest BCUT2D eigenvalue weighted by atomic mass is 10.2. The number of halogens is 2. The van der Waals surface area contributed by atoms with Gasteiger partial charge in [-0.25, -0.2) is 0 Å². The summed E-state index contributed by atoms with van der Waals surface area (Å²) in [7, 11) is 1.72. The monoisotopic (exact) mass is 524 g/mol. The molecule has 8 heteroatoms. The van der Waals surface area contributed by atoms with Gasteiger partial charge in [-0.2, -0.15) is 0 Å². The summed E-state index contributed by atoms with van der Waals surface area (Å²) in [6, 6.07) is 18.6. The molecule has 0 radical (unpaired) electrons. The van der Waals surface area contributed by atoms with E-state index in [1.807, 2.05) is 48.5 Å². The molecule has 1 amide bonds. The van der Waals surface area contributed by atoms with E-state index >= 15 is 0 Å². The van der Waals surface area contributed by atoms with E-state index in [0.717, 1.165) is 11.1 Å². The number of furan rings is 1. The second-order valence-corrected chi connectivity index (χ2v) is 6.47. The van der Waals surface area contributed by atoms with Crippen LogP contribution in [-0.2, 0) is 13.1 Å². The molecular weight excluding hydrogens is 503 g/mol. The fraction of sp³-hybridized carbons (Fsp3) is 0.143. The fourth-order valence-corrected chi connectivity index (χ4v) is 2.76. The lowest BCUT2D eigenvalue weighted by molar-refractivity contribution is 0.0996. The van der Waals surface area contributed by atoms with E-state index in [-0.39, 0.29) is 35.6 Å². The third-order valence-corrected chi connectivity index (χ3v) is 4.22. The molecule has 3 N–H and O–H groups in total. The lowest BCUT2D eigenvalue weighted by Gasteiger charge is -2.12. The number of guanidine groups is 1. The van der Waals surface area contributed by atoms with Gasteiger partial charge in [-0.05, 0) is 47.5 Å². The molecule has 0 spiro atoms. The van der Waals surface area contributed by atoms with Gasteiger partial charge < -0.3 is 20.4 Å². The van der Waals surface area contributed by atoms with Gasteiger partial charge in [0.05, 0.1) is 6.26 Å². The van der Waals surface area contributed by atoms with Crippen LogP contribution in [0.15, 0.2) is 76.3 Å². The molecule has 2 aromatic carbocycles. The molecular formula is C21H22ClIN4O2. The van der Waals surface area contributed by atoms with Crippen LogP contribution >= 0.6 is 35.6 Å². The zero-order valence-corrected chi connectivity index (χ0v) is 18.9. The van der Waals surface area contributed by atoms with Gasteiger partial charge in [0.2, 0.25) is 0 Å². The fourth-order valence-electron chi connectivity index (χ4n) is 2.55. The summed E-state index contributed by atoms with van der Waals surface area (Å²) in [5.74, 6) is 0.692. The van der Waals surface area contributed by atoms with Gasteiger partial charge in [0.25, 0.3) is 5.91 Å². The molecule has 3 aromatic rings.